The molecule has 10 heteroatoms. The smallest absolute Gasteiger partial charge is 0.265 e. The van der Waals surface area contributed by atoms with Crippen LogP contribution < -0.4 is 10.9 Å². The normalized spacial score (nSPS) is 16.2. The molecule has 0 saturated heterocycles. The van der Waals surface area contributed by atoms with Crippen LogP contribution >= 0.6 is 23.4 Å². The molecule has 0 bridgehead atoms. The van der Waals surface area contributed by atoms with E-state index in [1.807, 2.05) is 19.1 Å². The maximum absolute atomic E-state index is 13.3. The molecular weight excluding hydrogens is 472 g/mol. The molecule has 34 heavy (non-hydrogen) atoms. The van der Waals surface area contributed by atoms with Crippen LogP contribution in [-0.2, 0) is 4.79 Å². The Morgan fingerprint density at radius 2 is 2.03 bits per heavy atom. The van der Waals surface area contributed by atoms with E-state index in [2.05, 4.69) is 29.2 Å². The van der Waals surface area contributed by atoms with Gasteiger partial charge in [-0.2, -0.15) is 5.10 Å². The Bertz CT molecular complexity index is 1200. The molecule has 0 spiro atoms. The highest BCUT2D eigenvalue weighted by Crippen LogP contribution is 2.33. The molecule has 182 valence electrons. The molecule has 1 aromatic carbocycles. The molecule has 8 nitrogen and oxygen atoms in total. The first kappa shape index (κ1) is 24.8. The van der Waals surface area contributed by atoms with E-state index in [0.29, 0.717) is 27.0 Å². The number of thioether (sulfide) groups is 1. The summed E-state index contributed by atoms with van der Waals surface area (Å²) >= 11 is 7.50. The summed E-state index contributed by atoms with van der Waals surface area (Å²) in [5.41, 5.74) is 1.14. The minimum absolute atomic E-state index is 0.0300. The molecule has 1 aliphatic rings. The zero-order valence-corrected chi connectivity index (χ0v) is 21.4. The van der Waals surface area contributed by atoms with Crippen molar-refractivity contribution in [1.29, 1.82) is 0 Å². The van der Waals surface area contributed by atoms with Gasteiger partial charge < -0.3 is 10.2 Å². The predicted molar refractivity (Wildman–Crippen MR) is 137 cm³/mol. The van der Waals surface area contributed by atoms with Gasteiger partial charge in [-0.25, -0.2) is 9.67 Å². The average molecular weight is 503 g/mol. The largest absolute Gasteiger partial charge is 0.354 e. The van der Waals surface area contributed by atoms with Gasteiger partial charge in [0, 0.05) is 23.2 Å². The molecule has 1 amide bonds. The van der Waals surface area contributed by atoms with Gasteiger partial charge >= 0.3 is 0 Å². The molecule has 1 N–H and O–H groups in total. The van der Waals surface area contributed by atoms with Gasteiger partial charge in [0.1, 0.15) is 5.39 Å². The standard InChI is InChI=1S/C24H31ClN6O2S/c1-4-29(5-2)12-6-7-16(3)27-21(32)13-19-15-34-24-28-22-20(23(33)30(19)24)14-26-31(22)18-10-8-17(25)9-11-18/h8-11,14,16,19H,4-7,12-13,15H2,1-3H3,(H,27,32). The van der Waals surface area contributed by atoms with Gasteiger partial charge in [-0.3, -0.25) is 14.2 Å². The zero-order valence-electron chi connectivity index (χ0n) is 19.8. The van der Waals surface area contributed by atoms with E-state index in [1.54, 1.807) is 27.6 Å². The van der Waals surface area contributed by atoms with E-state index in [-0.39, 0.29) is 30.0 Å². The minimum Gasteiger partial charge on any atom is -0.354 e. The summed E-state index contributed by atoms with van der Waals surface area (Å²) in [6, 6.07) is 7.12. The molecule has 0 aliphatic carbocycles. The van der Waals surface area contributed by atoms with Crippen molar-refractivity contribution in [3.8, 4) is 5.69 Å². The Labute approximate surface area is 208 Å². The molecular formula is C24H31ClN6O2S. The Balaban J connectivity index is 1.44. The highest BCUT2D eigenvalue weighted by atomic mass is 35.5. The van der Waals surface area contributed by atoms with Crippen molar-refractivity contribution < 1.29 is 4.79 Å². The van der Waals surface area contributed by atoms with E-state index < -0.39 is 0 Å². The van der Waals surface area contributed by atoms with Gasteiger partial charge in [0.2, 0.25) is 5.91 Å². The lowest BCUT2D eigenvalue weighted by Gasteiger charge is -2.20. The van der Waals surface area contributed by atoms with Gasteiger partial charge in [-0.05, 0) is 63.7 Å². The number of nitrogens with zero attached hydrogens (tertiary/aromatic N) is 5. The number of halogens is 1. The Hall–Kier alpha value is -2.36. The number of rotatable bonds is 10. The maximum atomic E-state index is 13.3. The second kappa shape index (κ2) is 10.9. The number of benzene rings is 1. The number of hydrogen-bond donors (Lipinski definition) is 1. The van der Waals surface area contributed by atoms with Crippen LogP contribution in [0.15, 0.2) is 40.4 Å². The third-order valence-electron chi connectivity index (χ3n) is 6.28. The number of nitrogens with one attached hydrogen (secondary N) is 1. The first-order chi connectivity index (χ1) is 16.4. The summed E-state index contributed by atoms with van der Waals surface area (Å²) in [5, 5.41) is 9.18. The first-order valence-corrected chi connectivity index (χ1v) is 13.2. The van der Waals surface area contributed by atoms with Crippen LogP contribution in [0.3, 0.4) is 0 Å². The molecule has 2 unspecified atom stereocenters. The van der Waals surface area contributed by atoms with E-state index in [9.17, 15) is 9.59 Å². The zero-order chi connectivity index (χ0) is 24.2. The van der Waals surface area contributed by atoms with Gasteiger partial charge in [0.15, 0.2) is 10.8 Å². The van der Waals surface area contributed by atoms with Crippen LogP contribution in [0.1, 0.15) is 46.1 Å². The van der Waals surface area contributed by atoms with Gasteiger partial charge in [0.25, 0.3) is 5.56 Å². The summed E-state index contributed by atoms with van der Waals surface area (Å²) in [6.45, 7) is 9.51. The fraction of sp³-hybridized carbons (Fsp3) is 0.500. The third kappa shape index (κ3) is 5.31. The Kier molecular flexibility index (Phi) is 7.95. The van der Waals surface area contributed by atoms with Crippen molar-refractivity contribution in [1.82, 2.24) is 29.5 Å². The number of hydrogen-bond acceptors (Lipinski definition) is 6. The summed E-state index contributed by atoms with van der Waals surface area (Å²) < 4.78 is 3.31. The molecule has 2 atom stereocenters. The first-order valence-electron chi connectivity index (χ1n) is 11.8. The molecule has 4 rings (SSSR count). The quantitative estimate of drug-likeness (QED) is 0.423. The lowest BCUT2D eigenvalue weighted by molar-refractivity contribution is -0.122. The van der Waals surface area contributed by atoms with E-state index in [4.69, 9.17) is 16.6 Å². The average Bonchev–Trinajstić information content (AvgIpc) is 3.42. The highest BCUT2D eigenvalue weighted by Gasteiger charge is 2.29. The third-order valence-corrected chi connectivity index (χ3v) is 7.63. The van der Waals surface area contributed by atoms with E-state index in [0.717, 1.165) is 38.2 Å². The monoisotopic (exact) mass is 502 g/mol. The number of amides is 1. The van der Waals surface area contributed by atoms with Crippen LogP contribution in [0.2, 0.25) is 5.02 Å². The SMILES string of the molecule is CCN(CC)CCCC(C)NC(=O)CC1CSc2nc3c(cnn3-c3ccc(Cl)cc3)c(=O)n21. The van der Waals surface area contributed by atoms with Crippen LogP contribution in [-0.4, -0.2) is 61.6 Å². The number of aromatic nitrogens is 4. The number of fused-ring (bicyclic) bond motifs is 2. The van der Waals surface area contributed by atoms with Crippen molar-refractivity contribution in [2.24, 2.45) is 0 Å². The lowest BCUT2D eigenvalue weighted by Crippen LogP contribution is -2.36. The molecule has 0 saturated carbocycles. The minimum atomic E-state index is -0.217. The van der Waals surface area contributed by atoms with E-state index in [1.165, 1.54) is 11.8 Å². The Morgan fingerprint density at radius 1 is 1.29 bits per heavy atom. The predicted octanol–water partition coefficient (Wildman–Crippen LogP) is 3.90. The van der Waals surface area contributed by atoms with Crippen molar-refractivity contribution >= 4 is 40.3 Å². The lowest BCUT2D eigenvalue weighted by atomic mass is 10.1. The van der Waals surface area contributed by atoms with Crippen molar-refractivity contribution in [3.63, 3.8) is 0 Å². The molecule has 3 aromatic rings. The van der Waals surface area contributed by atoms with Crippen molar-refractivity contribution in [2.45, 2.75) is 57.3 Å². The summed E-state index contributed by atoms with van der Waals surface area (Å²) in [6.07, 6.45) is 3.79. The van der Waals surface area contributed by atoms with Gasteiger partial charge in [-0.15, -0.1) is 0 Å². The second-order valence-electron chi connectivity index (χ2n) is 8.65. The molecule has 0 radical (unpaired) electrons. The van der Waals surface area contributed by atoms with Crippen LogP contribution in [0, 0.1) is 0 Å². The molecule has 3 heterocycles. The fourth-order valence-corrected chi connectivity index (χ4v) is 5.59. The fourth-order valence-electron chi connectivity index (χ4n) is 4.33. The van der Waals surface area contributed by atoms with Crippen LogP contribution in [0.25, 0.3) is 16.7 Å². The van der Waals surface area contributed by atoms with Crippen molar-refractivity contribution in [2.75, 3.05) is 25.4 Å². The topological polar surface area (TPSA) is 85.1 Å². The molecule has 0 fully saturated rings. The number of carbonyl (C=O) groups is 1. The summed E-state index contributed by atoms with van der Waals surface area (Å²) in [4.78, 5) is 33.1. The maximum Gasteiger partial charge on any atom is 0.265 e. The van der Waals surface area contributed by atoms with Gasteiger partial charge in [-0.1, -0.05) is 37.2 Å². The van der Waals surface area contributed by atoms with Crippen LogP contribution in [0.5, 0.6) is 0 Å². The highest BCUT2D eigenvalue weighted by molar-refractivity contribution is 7.99. The van der Waals surface area contributed by atoms with E-state index >= 15 is 0 Å². The van der Waals surface area contributed by atoms with Gasteiger partial charge in [0.05, 0.1) is 17.9 Å². The molecule has 1 aliphatic heterocycles. The summed E-state index contributed by atoms with van der Waals surface area (Å²) in [7, 11) is 0. The van der Waals surface area contributed by atoms with Crippen molar-refractivity contribution in [3.05, 3.63) is 45.8 Å². The molecule has 2 aromatic heterocycles. The Morgan fingerprint density at radius 3 is 2.74 bits per heavy atom. The van der Waals surface area contributed by atoms with Crippen LogP contribution in [0.4, 0.5) is 0 Å². The number of carbonyl (C=O) groups excluding carboxylic acids is 1. The second-order valence-corrected chi connectivity index (χ2v) is 10.1. The summed E-state index contributed by atoms with van der Waals surface area (Å²) in [5.74, 6) is 0.616.